The average Bonchev–Trinajstić information content (AvgIpc) is 3.42. The summed E-state index contributed by atoms with van der Waals surface area (Å²) in [5.41, 5.74) is 6.58. The van der Waals surface area contributed by atoms with Crippen molar-refractivity contribution in [2.45, 2.75) is 18.9 Å². The first-order valence-corrected chi connectivity index (χ1v) is 9.72. The summed E-state index contributed by atoms with van der Waals surface area (Å²) in [7, 11) is 3.14. The van der Waals surface area contributed by atoms with Crippen LogP contribution in [0.15, 0.2) is 42.5 Å². The molecule has 2 aliphatic rings. The molecule has 4 rings (SSSR count). The molecule has 1 fully saturated rings. The molecule has 7 heteroatoms. The first-order chi connectivity index (χ1) is 14.2. The number of ether oxygens (including phenoxy) is 4. The molecule has 2 aromatic carbocycles. The minimum absolute atomic E-state index is 0.00866. The number of nitrogens with two attached hydrogens (primary N) is 1. The zero-order valence-corrected chi connectivity index (χ0v) is 17.0. The second-order valence-electron chi connectivity index (χ2n) is 6.66. The number of carbonyl (C=O) groups excluding carboxylic acids is 1. The molecule has 2 heterocycles. The summed E-state index contributed by atoms with van der Waals surface area (Å²) in [5, 5.41) is 3.50. The lowest BCUT2D eigenvalue weighted by Gasteiger charge is -2.23. The van der Waals surface area contributed by atoms with Crippen molar-refractivity contribution in [3.63, 3.8) is 0 Å². The lowest BCUT2D eigenvalue weighted by molar-refractivity contribution is -0.148. The predicted molar refractivity (Wildman–Crippen MR) is 109 cm³/mol. The smallest absolute Gasteiger partial charge is 0.311 e. The summed E-state index contributed by atoms with van der Waals surface area (Å²) in [4.78, 5) is 12.8. The van der Waals surface area contributed by atoms with Gasteiger partial charge in [-0.3, -0.25) is 4.79 Å². The number of esters is 1. The van der Waals surface area contributed by atoms with Crippen LogP contribution in [-0.4, -0.2) is 40.1 Å². The van der Waals surface area contributed by atoms with E-state index in [9.17, 15) is 4.79 Å². The van der Waals surface area contributed by atoms with Crippen LogP contribution in [0.25, 0.3) is 0 Å². The molecule has 0 bridgehead atoms. The van der Waals surface area contributed by atoms with Crippen molar-refractivity contribution in [2.75, 3.05) is 34.1 Å². The molecule has 1 saturated heterocycles. The van der Waals surface area contributed by atoms with E-state index in [-0.39, 0.29) is 30.6 Å². The average molecular weight is 400 g/mol. The van der Waals surface area contributed by atoms with E-state index in [0.29, 0.717) is 13.2 Å². The highest BCUT2D eigenvalue weighted by Gasteiger charge is 2.43. The van der Waals surface area contributed by atoms with Crippen LogP contribution < -0.4 is 25.3 Å². The fourth-order valence-corrected chi connectivity index (χ4v) is 3.88. The van der Waals surface area contributed by atoms with Crippen molar-refractivity contribution < 1.29 is 23.7 Å². The highest BCUT2D eigenvalue weighted by atomic mass is 16.7. The largest absolute Gasteiger partial charge is 0.497 e. The molecule has 156 valence electrons. The lowest BCUT2D eigenvalue weighted by Crippen LogP contribution is -2.27. The van der Waals surface area contributed by atoms with Crippen molar-refractivity contribution in [2.24, 2.45) is 11.7 Å². The van der Waals surface area contributed by atoms with E-state index in [0.717, 1.165) is 28.4 Å². The van der Waals surface area contributed by atoms with Gasteiger partial charge >= 0.3 is 5.97 Å². The van der Waals surface area contributed by atoms with Gasteiger partial charge < -0.3 is 30.0 Å². The fraction of sp³-hybridized carbons (Fsp3) is 0.409. The summed E-state index contributed by atoms with van der Waals surface area (Å²) in [5.74, 6) is 1.74. The third-order valence-corrected chi connectivity index (χ3v) is 5.21. The van der Waals surface area contributed by atoms with Crippen molar-refractivity contribution in [1.82, 2.24) is 5.32 Å². The summed E-state index contributed by atoms with van der Waals surface area (Å²) in [6.07, 6.45) is 0. The topological polar surface area (TPSA) is 92.0 Å². The van der Waals surface area contributed by atoms with Crippen LogP contribution in [0.1, 0.15) is 30.0 Å². The summed E-state index contributed by atoms with van der Waals surface area (Å²) < 4.78 is 21.6. The molecule has 2 aliphatic heterocycles. The van der Waals surface area contributed by atoms with Gasteiger partial charge in [0.2, 0.25) is 6.79 Å². The molecule has 3 unspecified atom stereocenters. The summed E-state index contributed by atoms with van der Waals surface area (Å²) >= 11 is 0. The third kappa shape index (κ3) is 4.31. The van der Waals surface area contributed by atoms with Crippen LogP contribution >= 0.6 is 0 Å². The number of hydrogen-bond donors (Lipinski definition) is 2. The van der Waals surface area contributed by atoms with E-state index in [1.54, 1.807) is 7.11 Å². The first-order valence-electron chi connectivity index (χ1n) is 9.72. The number of fused-ring (bicyclic) bond motifs is 1. The molecular weight excluding hydrogens is 372 g/mol. The normalized spacial score (nSPS) is 21.9. The number of rotatable bonds is 5. The standard InChI is InChI=1S/C21H23NO5.CH5N/c1-3-25-21(23)19-16(14-6-9-17-18(10-14)27-12-26-17)11-22-20(19)13-4-7-15(24-2)8-5-13;1-2/h4-10,16,19-20,22H,3,11-12H2,1-2H3;2H2,1H3. The Balaban J connectivity index is 0.00000117. The zero-order chi connectivity index (χ0) is 20.8. The lowest BCUT2D eigenvalue weighted by atomic mass is 9.83. The quantitative estimate of drug-likeness (QED) is 0.746. The maximum absolute atomic E-state index is 12.8. The minimum atomic E-state index is -0.321. The highest BCUT2D eigenvalue weighted by Crippen LogP contribution is 2.43. The van der Waals surface area contributed by atoms with E-state index in [1.165, 1.54) is 7.05 Å². The van der Waals surface area contributed by atoms with Crippen molar-refractivity contribution in [1.29, 1.82) is 0 Å². The van der Waals surface area contributed by atoms with E-state index in [1.807, 2.05) is 49.4 Å². The Morgan fingerprint density at radius 2 is 1.79 bits per heavy atom. The Bertz CT molecular complexity index is 824. The van der Waals surface area contributed by atoms with Gasteiger partial charge in [0, 0.05) is 18.5 Å². The Labute approximate surface area is 171 Å². The third-order valence-electron chi connectivity index (χ3n) is 5.21. The van der Waals surface area contributed by atoms with Gasteiger partial charge in [0.25, 0.3) is 0 Å². The molecule has 7 nitrogen and oxygen atoms in total. The van der Waals surface area contributed by atoms with Crippen molar-refractivity contribution >= 4 is 5.97 Å². The molecule has 3 atom stereocenters. The number of hydrogen-bond acceptors (Lipinski definition) is 7. The molecule has 0 spiro atoms. The molecular formula is C22H28N2O5. The van der Waals surface area contributed by atoms with Gasteiger partial charge in [0.15, 0.2) is 11.5 Å². The SMILES string of the molecule is CCOC(=O)C1C(c2ccc3c(c2)OCO3)CNC1c1ccc(OC)cc1.CN. The highest BCUT2D eigenvalue weighted by molar-refractivity contribution is 5.76. The molecule has 0 amide bonds. The first kappa shape index (κ1) is 21.0. The van der Waals surface area contributed by atoms with Gasteiger partial charge in [-0.05, 0) is 49.4 Å². The van der Waals surface area contributed by atoms with E-state index >= 15 is 0 Å². The summed E-state index contributed by atoms with van der Waals surface area (Å²) in [6, 6.07) is 13.6. The van der Waals surface area contributed by atoms with Gasteiger partial charge in [0.05, 0.1) is 19.6 Å². The van der Waals surface area contributed by atoms with Crippen LogP contribution in [-0.2, 0) is 9.53 Å². The summed E-state index contributed by atoms with van der Waals surface area (Å²) in [6.45, 7) is 3.11. The molecule has 0 radical (unpaired) electrons. The van der Waals surface area contributed by atoms with Crippen LogP contribution in [0.5, 0.6) is 17.2 Å². The second-order valence-corrected chi connectivity index (χ2v) is 6.66. The van der Waals surface area contributed by atoms with Gasteiger partial charge in [-0.2, -0.15) is 0 Å². The molecule has 2 aromatic rings. The molecule has 0 aromatic heterocycles. The predicted octanol–water partition coefficient (Wildman–Crippen LogP) is 2.61. The van der Waals surface area contributed by atoms with E-state index in [2.05, 4.69) is 11.1 Å². The molecule has 29 heavy (non-hydrogen) atoms. The Kier molecular flexibility index (Phi) is 6.95. The fourth-order valence-electron chi connectivity index (χ4n) is 3.88. The van der Waals surface area contributed by atoms with Crippen LogP contribution in [0.4, 0.5) is 0 Å². The molecule has 0 saturated carbocycles. The second kappa shape index (κ2) is 9.62. The maximum Gasteiger partial charge on any atom is 0.311 e. The Hall–Kier alpha value is -2.77. The van der Waals surface area contributed by atoms with Gasteiger partial charge in [-0.15, -0.1) is 0 Å². The minimum Gasteiger partial charge on any atom is -0.497 e. The number of nitrogens with one attached hydrogen (secondary N) is 1. The monoisotopic (exact) mass is 400 g/mol. The Morgan fingerprint density at radius 1 is 1.10 bits per heavy atom. The zero-order valence-electron chi connectivity index (χ0n) is 17.0. The van der Waals surface area contributed by atoms with E-state index < -0.39 is 0 Å². The number of carbonyl (C=O) groups is 1. The molecule has 3 N–H and O–H groups in total. The van der Waals surface area contributed by atoms with Crippen molar-refractivity contribution in [3.8, 4) is 17.2 Å². The van der Waals surface area contributed by atoms with Gasteiger partial charge in [0.1, 0.15) is 5.75 Å². The van der Waals surface area contributed by atoms with Crippen LogP contribution in [0.2, 0.25) is 0 Å². The van der Waals surface area contributed by atoms with Crippen LogP contribution in [0.3, 0.4) is 0 Å². The molecule has 0 aliphatic carbocycles. The number of benzene rings is 2. The van der Waals surface area contributed by atoms with Crippen LogP contribution in [0, 0.1) is 5.92 Å². The van der Waals surface area contributed by atoms with E-state index in [4.69, 9.17) is 18.9 Å². The Morgan fingerprint density at radius 3 is 2.48 bits per heavy atom. The van der Waals surface area contributed by atoms with Gasteiger partial charge in [-0.25, -0.2) is 0 Å². The number of methoxy groups -OCH3 is 1. The van der Waals surface area contributed by atoms with Gasteiger partial charge in [-0.1, -0.05) is 18.2 Å². The van der Waals surface area contributed by atoms with Crippen molar-refractivity contribution in [3.05, 3.63) is 53.6 Å². The maximum atomic E-state index is 12.8.